The third-order valence-corrected chi connectivity index (χ3v) is 3.20. The van der Waals surface area contributed by atoms with Crippen LogP contribution >= 0.6 is 0 Å². The van der Waals surface area contributed by atoms with Crippen molar-refractivity contribution in [2.75, 3.05) is 13.7 Å². The van der Waals surface area contributed by atoms with Gasteiger partial charge in [0.1, 0.15) is 11.6 Å². The lowest BCUT2D eigenvalue weighted by molar-refractivity contribution is -0.143. The maximum atomic E-state index is 13.2. The lowest BCUT2D eigenvalue weighted by Crippen LogP contribution is -2.46. The molecule has 1 aliphatic rings. The summed E-state index contributed by atoms with van der Waals surface area (Å²) in [6.07, 6.45) is 1.03. The van der Waals surface area contributed by atoms with Gasteiger partial charge in [-0.05, 0) is 25.1 Å². The molecule has 1 aromatic carbocycles. The predicted molar refractivity (Wildman–Crippen MR) is 61.5 cm³/mol. The lowest BCUT2D eigenvalue weighted by atomic mass is 9.72. The Morgan fingerprint density at radius 2 is 2.18 bits per heavy atom. The van der Waals surface area contributed by atoms with E-state index in [1.54, 1.807) is 0 Å². The summed E-state index contributed by atoms with van der Waals surface area (Å²) in [4.78, 5) is 0. The molecule has 0 atom stereocenters. The van der Waals surface area contributed by atoms with Crippen molar-refractivity contribution >= 4 is 0 Å². The highest BCUT2D eigenvalue weighted by molar-refractivity contribution is 5.40. The third kappa shape index (κ3) is 2.28. The van der Waals surface area contributed by atoms with Crippen LogP contribution in [0.5, 0.6) is 5.75 Å². The summed E-state index contributed by atoms with van der Waals surface area (Å²) in [5.41, 5.74) is -0.510. The quantitative estimate of drug-likeness (QED) is 0.877. The maximum absolute atomic E-state index is 13.2. The molecule has 1 saturated carbocycles. The predicted octanol–water partition coefficient (Wildman–Crippen LogP) is 2.22. The number of aliphatic hydroxyl groups is 1. The van der Waals surface area contributed by atoms with Crippen LogP contribution in [0.15, 0.2) is 18.2 Å². The Morgan fingerprint density at radius 3 is 2.76 bits per heavy atom. The molecule has 0 unspecified atom stereocenters. The number of rotatable bonds is 4. The first-order valence-electron chi connectivity index (χ1n) is 5.77. The van der Waals surface area contributed by atoms with Gasteiger partial charge in [-0.2, -0.15) is 0 Å². The van der Waals surface area contributed by atoms with Gasteiger partial charge < -0.3 is 14.6 Å². The van der Waals surface area contributed by atoms with Gasteiger partial charge in [-0.3, -0.25) is 0 Å². The molecule has 0 bridgehead atoms. The smallest absolute Gasteiger partial charge is 0.125 e. The largest absolute Gasteiger partial charge is 0.496 e. The van der Waals surface area contributed by atoms with Crippen LogP contribution in [0, 0.1) is 5.82 Å². The Labute approximate surface area is 100 Å². The van der Waals surface area contributed by atoms with Gasteiger partial charge in [0.2, 0.25) is 0 Å². The molecule has 1 N–H and O–H groups in total. The van der Waals surface area contributed by atoms with Gasteiger partial charge in [0.05, 0.1) is 18.8 Å². The van der Waals surface area contributed by atoms with Gasteiger partial charge >= 0.3 is 0 Å². The Bertz CT molecular complexity index is 400. The fourth-order valence-electron chi connectivity index (χ4n) is 2.31. The van der Waals surface area contributed by atoms with E-state index in [0.29, 0.717) is 30.8 Å². The average molecular weight is 240 g/mol. The Kier molecular flexibility index (Phi) is 3.35. The van der Waals surface area contributed by atoms with E-state index >= 15 is 0 Å². The van der Waals surface area contributed by atoms with E-state index in [1.807, 2.05) is 6.92 Å². The molecular formula is C13H17FO3. The number of hydrogen-bond acceptors (Lipinski definition) is 3. The normalized spacial score (nSPS) is 27.6. The fourth-order valence-corrected chi connectivity index (χ4v) is 2.31. The highest BCUT2D eigenvalue weighted by Gasteiger charge is 2.46. The van der Waals surface area contributed by atoms with Crippen molar-refractivity contribution in [1.82, 2.24) is 0 Å². The molecule has 1 fully saturated rings. The van der Waals surface area contributed by atoms with Crippen molar-refractivity contribution in [3.05, 3.63) is 29.6 Å². The van der Waals surface area contributed by atoms with Crippen LogP contribution in [-0.4, -0.2) is 24.9 Å². The minimum Gasteiger partial charge on any atom is -0.496 e. The van der Waals surface area contributed by atoms with Crippen molar-refractivity contribution < 1.29 is 19.0 Å². The van der Waals surface area contributed by atoms with Gasteiger partial charge in [0.25, 0.3) is 0 Å². The van der Waals surface area contributed by atoms with E-state index in [2.05, 4.69) is 0 Å². The number of benzene rings is 1. The van der Waals surface area contributed by atoms with E-state index in [0.717, 1.165) is 0 Å². The van der Waals surface area contributed by atoms with E-state index in [-0.39, 0.29) is 11.9 Å². The lowest BCUT2D eigenvalue weighted by Gasteiger charge is -2.43. The second-order valence-corrected chi connectivity index (χ2v) is 4.36. The first-order valence-corrected chi connectivity index (χ1v) is 5.77. The van der Waals surface area contributed by atoms with Crippen molar-refractivity contribution in [2.24, 2.45) is 0 Å². The van der Waals surface area contributed by atoms with Crippen LogP contribution in [0.25, 0.3) is 0 Å². The molecule has 1 aliphatic carbocycles. The molecule has 4 heteroatoms. The Morgan fingerprint density at radius 1 is 1.47 bits per heavy atom. The first-order chi connectivity index (χ1) is 8.09. The SMILES string of the molecule is CCOC1CC(O)(c2cc(F)ccc2OC)C1. The molecule has 0 amide bonds. The average Bonchev–Trinajstić information content (AvgIpc) is 2.27. The Balaban J connectivity index is 2.20. The van der Waals surface area contributed by atoms with E-state index < -0.39 is 5.60 Å². The van der Waals surface area contributed by atoms with Gasteiger partial charge in [0, 0.05) is 25.0 Å². The summed E-state index contributed by atoms with van der Waals surface area (Å²) in [5, 5.41) is 10.4. The van der Waals surface area contributed by atoms with Crippen molar-refractivity contribution in [3.63, 3.8) is 0 Å². The number of methoxy groups -OCH3 is 1. The monoisotopic (exact) mass is 240 g/mol. The maximum Gasteiger partial charge on any atom is 0.125 e. The fraction of sp³-hybridized carbons (Fsp3) is 0.538. The molecule has 0 aromatic heterocycles. The topological polar surface area (TPSA) is 38.7 Å². The second-order valence-electron chi connectivity index (χ2n) is 4.36. The van der Waals surface area contributed by atoms with Crippen LogP contribution in [0.1, 0.15) is 25.3 Å². The molecule has 94 valence electrons. The molecule has 0 aliphatic heterocycles. The molecule has 0 radical (unpaired) electrons. The van der Waals surface area contributed by atoms with E-state index in [4.69, 9.17) is 9.47 Å². The molecule has 0 heterocycles. The van der Waals surface area contributed by atoms with Crippen LogP contribution in [0.4, 0.5) is 4.39 Å². The molecule has 0 spiro atoms. The highest BCUT2D eigenvalue weighted by atomic mass is 19.1. The van der Waals surface area contributed by atoms with Crippen LogP contribution in [-0.2, 0) is 10.3 Å². The number of ether oxygens (including phenoxy) is 2. The molecule has 17 heavy (non-hydrogen) atoms. The second kappa shape index (κ2) is 4.63. The number of hydrogen-bond donors (Lipinski definition) is 1. The summed E-state index contributed by atoms with van der Waals surface area (Å²) < 4.78 is 23.8. The van der Waals surface area contributed by atoms with Gasteiger partial charge in [0.15, 0.2) is 0 Å². The van der Waals surface area contributed by atoms with E-state index in [1.165, 1.54) is 25.3 Å². The molecule has 1 aromatic rings. The van der Waals surface area contributed by atoms with Gasteiger partial charge in [-0.1, -0.05) is 0 Å². The molecular weight excluding hydrogens is 223 g/mol. The van der Waals surface area contributed by atoms with Gasteiger partial charge in [-0.25, -0.2) is 4.39 Å². The number of halogens is 1. The zero-order chi connectivity index (χ0) is 12.5. The van der Waals surface area contributed by atoms with Crippen molar-refractivity contribution in [2.45, 2.75) is 31.5 Å². The molecule has 3 nitrogen and oxygen atoms in total. The van der Waals surface area contributed by atoms with Crippen LogP contribution in [0.3, 0.4) is 0 Å². The molecule has 2 rings (SSSR count). The summed E-state index contributed by atoms with van der Waals surface area (Å²) in [6.45, 7) is 2.54. The third-order valence-electron chi connectivity index (χ3n) is 3.20. The molecule has 0 saturated heterocycles. The summed E-state index contributed by atoms with van der Waals surface area (Å²) in [5.74, 6) is 0.151. The van der Waals surface area contributed by atoms with Gasteiger partial charge in [-0.15, -0.1) is 0 Å². The summed E-state index contributed by atoms with van der Waals surface area (Å²) >= 11 is 0. The van der Waals surface area contributed by atoms with Crippen molar-refractivity contribution in [3.8, 4) is 5.75 Å². The summed E-state index contributed by atoms with van der Waals surface area (Å²) in [6, 6.07) is 4.20. The zero-order valence-electron chi connectivity index (χ0n) is 10.1. The summed E-state index contributed by atoms with van der Waals surface area (Å²) in [7, 11) is 1.51. The zero-order valence-corrected chi connectivity index (χ0v) is 10.1. The van der Waals surface area contributed by atoms with E-state index in [9.17, 15) is 9.50 Å². The highest BCUT2D eigenvalue weighted by Crippen LogP contribution is 2.46. The first kappa shape index (κ1) is 12.3. The Hall–Kier alpha value is -1.13. The van der Waals surface area contributed by atoms with Crippen molar-refractivity contribution in [1.29, 1.82) is 0 Å². The minimum atomic E-state index is -1.02. The standard InChI is InChI=1S/C13H17FO3/c1-3-17-10-7-13(15,8-10)11-6-9(14)4-5-12(11)16-2/h4-6,10,15H,3,7-8H2,1-2H3. The van der Waals surface area contributed by atoms with Crippen LogP contribution in [0.2, 0.25) is 0 Å². The van der Waals surface area contributed by atoms with Crippen LogP contribution < -0.4 is 4.74 Å². The minimum absolute atomic E-state index is 0.0537.